The zero-order valence-corrected chi connectivity index (χ0v) is 13.2. The lowest BCUT2D eigenvalue weighted by Crippen LogP contribution is -2.72. The number of aromatic nitrogens is 1. The van der Waals surface area contributed by atoms with Gasteiger partial charge in [-0.05, 0) is 39.8 Å². The Hall–Kier alpha value is -0.540. The molecule has 1 aromatic rings. The Bertz CT molecular complexity index is 519. The highest BCUT2D eigenvalue weighted by Gasteiger charge is 2.71. The summed E-state index contributed by atoms with van der Waals surface area (Å²) in [6.45, 7) is 8.47. The lowest BCUT2D eigenvalue weighted by molar-refractivity contribution is -0.467. The van der Waals surface area contributed by atoms with Gasteiger partial charge < -0.3 is 14.2 Å². The van der Waals surface area contributed by atoms with E-state index in [0.29, 0.717) is 0 Å². The highest BCUT2D eigenvalue weighted by atomic mass is 31.1. The summed E-state index contributed by atoms with van der Waals surface area (Å²) in [4.78, 5) is 4.59. The van der Waals surface area contributed by atoms with Crippen molar-refractivity contribution in [2.24, 2.45) is 0 Å². The van der Waals surface area contributed by atoms with E-state index < -0.39 is 19.5 Å². The van der Waals surface area contributed by atoms with Crippen molar-refractivity contribution in [2.45, 2.75) is 62.8 Å². The van der Waals surface area contributed by atoms with Gasteiger partial charge in [0.25, 0.3) is 0 Å². The van der Waals surface area contributed by atoms with Gasteiger partial charge in [-0.1, -0.05) is 6.07 Å². The van der Waals surface area contributed by atoms with E-state index in [9.17, 15) is 0 Å². The van der Waals surface area contributed by atoms with Crippen LogP contribution in [0.3, 0.4) is 0 Å². The van der Waals surface area contributed by atoms with E-state index in [1.165, 1.54) is 0 Å². The second-order valence-corrected chi connectivity index (χ2v) is 9.82. The smallest absolute Gasteiger partial charge is 0.173 e. The van der Waals surface area contributed by atoms with Gasteiger partial charge in [-0.15, -0.1) is 0 Å². The molecule has 0 spiro atoms. The van der Waals surface area contributed by atoms with Crippen molar-refractivity contribution in [3.8, 4) is 0 Å². The predicted octanol–water partition coefficient (Wildman–Crippen LogP) is 2.92. The number of rotatable bonds is 1. The standard InChI is InChI=1S/C15H20NO3P/c1-12-9-14(3)19-13(2,17-12)10-15(4,18-12)20(14)11-7-5-6-8-16-11/h5-8H,9-10H2,1-4H3/t12-,13-,14+,15+/m0/s1. The molecule has 20 heavy (non-hydrogen) atoms. The molecule has 4 bridgehead atoms. The molecule has 4 atom stereocenters. The molecule has 0 N–H and O–H groups in total. The summed E-state index contributed by atoms with van der Waals surface area (Å²) in [6, 6.07) is 6.10. The zero-order chi connectivity index (χ0) is 14.2. The van der Waals surface area contributed by atoms with E-state index in [1.807, 2.05) is 32.2 Å². The van der Waals surface area contributed by atoms with Crippen molar-refractivity contribution in [3.05, 3.63) is 24.4 Å². The Balaban J connectivity index is 1.87. The highest BCUT2D eigenvalue weighted by Crippen LogP contribution is 2.75. The van der Waals surface area contributed by atoms with Gasteiger partial charge in [-0.2, -0.15) is 0 Å². The van der Waals surface area contributed by atoms with Crippen molar-refractivity contribution in [1.82, 2.24) is 4.98 Å². The number of pyridine rings is 1. The van der Waals surface area contributed by atoms with Crippen LogP contribution in [0.4, 0.5) is 0 Å². The van der Waals surface area contributed by atoms with Crippen LogP contribution < -0.4 is 5.44 Å². The first-order chi connectivity index (χ1) is 9.26. The Morgan fingerprint density at radius 1 is 0.950 bits per heavy atom. The molecular formula is C15H20NO3P. The van der Waals surface area contributed by atoms with Gasteiger partial charge in [0.15, 0.2) is 11.6 Å². The van der Waals surface area contributed by atoms with Crippen molar-refractivity contribution >= 4 is 13.4 Å². The molecule has 4 nitrogen and oxygen atoms in total. The van der Waals surface area contributed by atoms with E-state index in [1.54, 1.807) is 0 Å². The third-order valence-electron chi connectivity index (χ3n) is 4.43. The van der Waals surface area contributed by atoms with Crippen LogP contribution in [-0.2, 0) is 14.2 Å². The summed E-state index contributed by atoms with van der Waals surface area (Å²) in [5, 5.41) is -0.479. The first-order valence-electron chi connectivity index (χ1n) is 7.08. The fourth-order valence-corrected chi connectivity index (χ4v) is 8.40. The third-order valence-corrected chi connectivity index (χ3v) is 7.54. The molecule has 0 amide bonds. The molecule has 1 aromatic heterocycles. The Labute approximate surface area is 120 Å². The molecule has 0 unspecified atom stereocenters. The number of hydrogen-bond acceptors (Lipinski definition) is 4. The second-order valence-electron chi connectivity index (χ2n) is 6.80. The highest BCUT2D eigenvalue weighted by molar-refractivity contribution is 7.68. The number of ether oxygens (including phenoxy) is 3. The summed E-state index contributed by atoms with van der Waals surface area (Å²) in [5.41, 5.74) is 1.11. The van der Waals surface area contributed by atoms with Crippen molar-refractivity contribution < 1.29 is 14.2 Å². The summed E-state index contributed by atoms with van der Waals surface area (Å²) < 4.78 is 18.8. The average Bonchev–Trinajstić information content (AvgIpc) is 2.22. The van der Waals surface area contributed by atoms with Crippen LogP contribution in [0.2, 0.25) is 0 Å². The van der Waals surface area contributed by atoms with E-state index in [4.69, 9.17) is 14.2 Å². The molecule has 5 heteroatoms. The van der Waals surface area contributed by atoms with Crippen molar-refractivity contribution in [3.63, 3.8) is 0 Å². The van der Waals surface area contributed by atoms with Gasteiger partial charge in [0.1, 0.15) is 10.7 Å². The predicted molar refractivity (Wildman–Crippen MR) is 76.9 cm³/mol. The second kappa shape index (κ2) is 3.61. The summed E-state index contributed by atoms with van der Waals surface area (Å²) in [7, 11) is -0.664. The molecule has 108 valence electrons. The fourth-order valence-electron chi connectivity index (χ4n) is 4.56. The molecule has 0 aromatic carbocycles. The molecule has 5 heterocycles. The maximum Gasteiger partial charge on any atom is 0.173 e. The first kappa shape index (κ1) is 13.1. The summed E-state index contributed by atoms with van der Waals surface area (Å²) in [6.07, 6.45) is 3.37. The topological polar surface area (TPSA) is 40.6 Å². The normalized spacial score (nSPS) is 53.3. The molecule has 4 saturated heterocycles. The van der Waals surface area contributed by atoms with Gasteiger partial charge in [0.2, 0.25) is 0 Å². The fraction of sp³-hybridized carbons (Fsp3) is 0.667. The van der Waals surface area contributed by atoms with E-state index >= 15 is 0 Å². The third kappa shape index (κ3) is 1.66. The maximum atomic E-state index is 6.38. The summed E-state index contributed by atoms with van der Waals surface area (Å²) in [5.74, 6) is -1.08. The van der Waals surface area contributed by atoms with Crippen molar-refractivity contribution in [1.29, 1.82) is 0 Å². The first-order valence-corrected chi connectivity index (χ1v) is 8.42. The molecule has 5 rings (SSSR count). The van der Waals surface area contributed by atoms with E-state index in [-0.39, 0.29) is 10.7 Å². The maximum absolute atomic E-state index is 6.38. The molecule has 0 saturated carbocycles. The van der Waals surface area contributed by atoms with Crippen LogP contribution in [-0.4, -0.2) is 27.2 Å². The van der Waals surface area contributed by atoms with Crippen LogP contribution in [0, 0.1) is 0 Å². The van der Waals surface area contributed by atoms with E-state index in [0.717, 1.165) is 18.3 Å². The SMILES string of the molecule is C[C@@]12C[C@]3(C)O[C@@](C)(C[C@](C)(O1)P3c1ccccn1)O2. The minimum atomic E-state index is -0.664. The largest absolute Gasteiger partial charge is 0.339 e. The monoisotopic (exact) mass is 293 g/mol. The van der Waals surface area contributed by atoms with Crippen LogP contribution in [0.25, 0.3) is 0 Å². The Morgan fingerprint density at radius 3 is 2.05 bits per heavy atom. The zero-order valence-electron chi connectivity index (χ0n) is 12.3. The van der Waals surface area contributed by atoms with Gasteiger partial charge in [-0.3, -0.25) is 4.98 Å². The Kier molecular flexibility index (Phi) is 2.38. The molecule has 4 fully saturated rings. The van der Waals surface area contributed by atoms with E-state index in [2.05, 4.69) is 24.9 Å². The molecular weight excluding hydrogens is 273 g/mol. The van der Waals surface area contributed by atoms with Crippen molar-refractivity contribution in [2.75, 3.05) is 0 Å². The molecule has 4 aliphatic rings. The lowest BCUT2D eigenvalue weighted by Gasteiger charge is -2.69. The number of nitrogens with zero attached hydrogens (tertiary/aromatic N) is 1. The van der Waals surface area contributed by atoms with Gasteiger partial charge in [0.05, 0.1) is 5.44 Å². The summed E-state index contributed by atoms with van der Waals surface area (Å²) >= 11 is 0. The lowest BCUT2D eigenvalue weighted by atomic mass is 9.98. The van der Waals surface area contributed by atoms with Crippen LogP contribution in [0.15, 0.2) is 24.4 Å². The molecule has 0 radical (unpaired) electrons. The molecule has 4 aliphatic heterocycles. The van der Waals surface area contributed by atoms with Gasteiger partial charge in [0, 0.05) is 27.0 Å². The Morgan fingerprint density at radius 2 is 1.55 bits per heavy atom. The van der Waals surface area contributed by atoms with Gasteiger partial charge in [-0.25, -0.2) is 0 Å². The molecule has 0 aliphatic carbocycles. The minimum Gasteiger partial charge on any atom is -0.339 e. The van der Waals surface area contributed by atoms with Crippen LogP contribution in [0.5, 0.6) is 0 Å². The van der Waals surface area contributed by atoms with Gasteiger partial charge >= 0.3 is 0 Å². The van der Waals surface area contributed by atoms with Crippen LogP contribution in [0.1, 0.15) is 40.5 Å². The quantitative estimate of drug-likeness (QED) is 0.747. The average molecular weight is 293 g/mol. The minimum absolute atomic E-state index is 0.239. The van der Waals surface area contributed by atoms with Crippen LogP contribution >= 0.6 is 7.92 Å². The number of hydrogen-bond donors (Lipinski definition) is 0.